The van der Waals surface area contributed by atoms with Crippen molar-refractivity contribution in [3.8, 4) is 0 Å². The van der Waals surface area contributed by atoms with Gasteiger partial charge in [-0.1, -0.05) is 29.8 Å². The second-order valence-electron chi connectivity index (χ2n) is 5.25. The molecule has 0 spiro atoms. The van der Waals surface area contributed by atoms with Gasteiger partial charge in [-0.25, -0.2) is 0 Å². The minimum atomic E-state index is -0.0945. The number of carbonyl (C=O) groups is 1. The number of nitrogens with one attached hydrogen (secondary N) is 1. The maximum atomic E-state index is 12.1. The Bertz CT molecular complexity index is 449. The third kappa shape index (κ3) is 5.55. The van der Waals surface area contributed by atoms with Crippen LogP contribution in [0.4, 0.5) is 0 Å². The van der Waals surface area contributed by atoms with E-state index in [0.29, 0.717) is 23.6 Å². The zero-order valence-corrected chi connectivity index (χ0v) is 14.0. The first-order valence-electron chi connectivity index (χ1n) is 6.11. The van der Waals surface area contributed by atoms with E-state index in [0.717, 1.165) is 10.9 Å². The Labute approximate surface area is 128 Å². The van der Waals surface area contributed by atoms with Crippen molar-refractivity contribution in [1.29, 1.82) is 0 Å². The number of benzene rings is 1. The predicted octanol–water partition coefficient (Wildman–Crippen LogP) is 3.53. The van der Waals surface area contributed by atoms with Gasteiger partial charge in [0.25, 0.3) is 5.91 Å². The normalized spacial score (nSPS) is 11.4. The second kappa shape index (κ2) is 7.31. The van der Waals surface area contributed by atoms with Crippen molar-refractivity contribution in [2.75, 3.05) is 20.3 Å². The Morgan fingerprint density at radius 1 is 1.47 bits per heavy atom. The van der Waals surface area contributed by atoms with Crippen LogP contribution in [0.3, 0.4) is 0 Å². The van der Waals surface area contributed by atoms with Crippen molar-refractivity contribution in [2.24, 2.45) is 5.41 Å². The number of halogens is 1. The predicted molar refractivity (Wildman–Crippen MR) is 84.0 cm³/mol. The quantitative estimate of drug-likeness (QED) is 0.774. The van der Waals surface area contributed by atoms with Gasteiger partial charge < -0.3 is 10.1 Å². The van der Waals surface area contributed by atoms with Crippen molar-refractivity contribution >= 4 is 34.5 Å². The summed E-state index contributed by atoms with van der Waals surface area (Å²) < 4.78 is 5.98. The lowest BCUT2D eigenvalue weighted by molar-refractivity contribution is 0.0918. The third-order valence-electron chi connectivity index (χ3n) is 2.91. The summed E-state index contributed by atoms with van der Waals surface area (Å²) in [5.41, 5.74) is 0.603. The molecule has 1 N–H and O–H groups in total. The van der Waals surface area contributed by atoms with E-state index in [1.807, 2.05) is 12.1 Å². The van der Waals surface area contributed by atoms with Crippen molar-refractivity contribution in [2.45, 2.75) is 25.2 Å². The van der Waals surface area contributed by atoms with E-state index in [2.05, 4.69) is 47.7 Å². The Morgan fingerprint density at radius 2 is 2.16 bits per heavy atom. The molecule has 0 heterocycles. The molecule has 1 aromatic carbocycles. The van der Waals surface area contributed by atoms with E-state index in [9.17, 15) is 4.79 Å². The molecule has 0 fully saturated rings. The first-order valence-corrected chi connectivity index (χ1v) is 7.35. The van der Waals surface area contributed by atoms with Crippen LogP contribution in [0, 0.1) is 5.41 Å². The lowest BCUT2D eigenvalue weighted by Gasteiger charge is -2.24. The fourth-order valence-electron chi connectivity index (χ4n) is 1.58. The van der Waals surface area contributed by atoms with E-state index in [1.54, 1.807) is 13.2 Å². The average Bonchev–Trinajstić information content (AvgIpc) is 2.34. The number of amides is 1. The molecule has 0 radical (unpaired) electrons. The average molecular weight is 346 g/mol. The van der Waals surface area contributed by atoms with Crippen molar-refractivity contribution in [3.63, 3.8) is 0 Å². The van der Waals surface area contributed by atoms with Gasteiger partial charge in [-0.15, -0.1) is 12.6 Å². The van der Waals surface area contributed by atoms with Crippen LogP contribution in [0.1, 0.15) is 30.6 Å². The van der Waals surface area contributed by atoms with Crippen LogP contribution < -0.4 is 5.32 Å². The standard InChI is InChI=1S/C14H20BrNO2S/c1-14(2,6-7-18-3)9-16-13(17)11-5-4-10(15)8-12(11)19/h4-5,8,19H,6-7,9H2,1-3H3,(H,16,17). The van der Waals surface area contributed by atoms with Crippen LogP contribution in [-0.4, -0.2) is 26.2 Å². The van der Waals surface area contributed by atoms with Crippen molar-refractivity contribution in [3.05, 3.63) is 28.2 Å². The van der Waals surface area contributed by atoms with Gasteiger partial charge in [0.05, 0.1) is 5.56 Å². The maximum absolute atomic E-state index is 12.1. The Hall–Kier alpha value is -0.520. The van der Waals surface area contributed by atoms with E-state index in [4.69, 9.17) is 4.74 Å². The van der Waals surface area contributed by atoms with Crippen LogP contribution in [0.5, 0.6) is 0 Å². The first kappa shape index (κ1) is 16.5. The summed E-state index contributed by atoms with van der Waals surface area (Å²) in [4.78, 5) is 12.8. The van der Waals surface area contributed by atoms with Crippen LogP contribution in [0.15, 0.2) is 27.6 Å². The highest BCUT2D eigenvalue weighted by Gasteiger charge is 2.19. The number of hydrogen-bond donors (Lipinski definition) is 2. The van der Waals surface area contributed by atoms with E-state index < -0.39 is 0 Å². The highest BCUT2D eigenvalue weighted by Crippen LogP contribution is 2.21. The van der Waals surface area contributed by atoms with Crippen molar-refractivity contribution < 1.29 is 9.53 Å². The fourth-order valence-corrected chi connectivity index (χ4v) is 2.43. The SMILES string of the molecule is COCCC(C)(C)CNC(=O)c1ccc(Br)cc1S. The molecule has 0 aliphatic carbocycles. The largest absolute Gasteiger partial charge is 0.385 e. The molecule has 0 saturated carbocycles. The van der Waals surface area contributed by atoms with E-state index in [-0.39, 0.29) is 11.3 Å². The zero-order chi connectivity index (χ0) is 14.5. The van der Waals surface area contributed by atoms with Gasteiger partial charge in [0, 0.05) is 29.6 Å². The zero-order valence-electron chi connectivity index (χ0n) is 11.5. The van der Waals surface area contributed by atoms with Crippen LogP contribution in [0.25, 0.3) is 0 Å². The monoisotopic (exact) mass is 345 g/mol. The van der Waals surface area contributed by atoms with Crippen LogP contribution in [0.2, 0.25) is 0 Å². The summed E-state index contributed by atoms with van der Waals surface area (Å²) in [6.45, 7) is 5.52. The molecule has 3 nitrogen and oxygen atoms in total. The summed E-state index contributed by atoms with van der Waals surface area (Å²) in [7, 11) is 1.68. The fraction of sp³-hybridized carbons (Fsp3) is 0.500. The molecule has 0 aliphatic rings. The summed E-state index contributed by atoms with van der Waals surface area (Å²) in [5, 5.41) is 2.95. The van der Waals surface area contributed by atoms with E-state index >= 15 is 0 Å². The molecule has 106 valence electrons. The maximum Gasteiger partial charge on any atom is 0.252 e. The first-order chi connectivity index (χ1) is 8.85. The Morgan fingerprint density at radius 3 is 2.74 bits per heavy atom. The molecule has 5 heteroatoms. The smallest absolute Gasteiger partial charge is 0.252 e. The van der Waals surface area contributed by atoms with Gasteiger partial charge in [-0.3, -0.25) is 4.79 Å². The van der Waals surface area contributed by atoms with Gasteiger partial charge in [-0.05, 0) is 30.0 Å². The highest BCUT2D eigenvalue weighted by molar-refractivity contribution is 9.10. The van der Waals surface area contributed by atoms with Crippen LogP contribution in [-0.2, 0) is 4.74 Å². The topological polar surface area (TPSA) is 38.3 Å². The minimum Gasteiger partial charge on any atom is -0.385 e. The number of carbonyl (C=O) groups excluding carboxylic acids is 1. The summed E-state index contributed by atoms with van der Waals surface area (Å²) >= 11 is 7.67. The summed E-state index contributed by atoms with van der Waals surface area (Å²) in [6.07, 6.45) is 0.901. The van der Waals surface area contributed by atoms with E-state index in [1.165, 1.54) is 0 Å². The molecule has 0 aliphatic heterocycles. The molecule has 0 aromatic heterocycles. The van der Waals surface area contributed by atoms with Gasteiger partial charge in [0.15, 0.2) is 0 Å². The highest BCUT2D eigenvalue weighted by atomic mass is 79.9. The molecule has 0 saturated heterocycles. The molecule has 0 atom stereocenters. The minimum absolute atomic E-state index is 0.0117. The Balaban J connectivity index is 2.60. The van der Waals surface area contributed by atoms with Gasteiger partial charge in [0.1, 0.15) is 0 Å². The number of rotatable bonds is 6. The molecule has 0 unspecified atom stereocenters. The molecular weight excluding hydrogens is 326 g/mol. The van der Waals surface area contributed by atoms with Gasteiger partial charge in [0.2, 0.25) is 0 Å². The summed E-state index contributed by atoms with van der Waals surface area (Å²) in [5.74, 6) is -0.0945. The number of methoxy groups -OCH3 is 1. The molecule has 1 rings (SSSR count). The molecule has 0 bridgehead atoms. The lowest BCUT2D eigenvalue weighted by atomic mass is 9.89. The Kier molecular flexibility index (Phi) is 6.36. The third-order valence-corrected chi connectivity index (χ3v) is 3.78. The number of ether oxygens (including phenoxy) is 1. The second-order valence-corrected chi connectivity index (χ2v) is 6.65. The van der Waals surface area contributed by atoms with Gasteiger partial charge >= 0.3 is 0 Å². The molecule has 1 amide bonds. The molecular formula is C14H20BrNO2S. The number of hydrogen-bond acceptors (Lipinski definition) is 3. The summed E-state index contributed by atoms with van der Waals surface area (Å²) in [6, 6.07) is 5.42. The molecule has 1 aromatic rings. The van der Waals surface area contributed by atoms with Crippen LogP contribution >= 0.6 is 28.6 Å². The number of thiol groups is 1. The van der Waals surface area contributed by atoms with Gasteiger partial charge in [-0.2, -0.15) is 0 Å². The lowest BCUT2D eigenvalue weighted by Crippen LogP contribution is -2.34. The molecule has 19 heavy (non-hydrogen) atoms. The van der Waals surface area contributed by atoms with Crippen molar-refractivity contribution in [1.82, 2.24) is 5.32 Å².